The Morgan fingerprint density at radius 2 is 0.835 bits per heavy atom. The van der Waals surface area contributed by atoms with Crippen LogP contribution in [0.25, 0.3) is 53.4 Å². The summed E-state index contributed by atoms with van der Waals surface area (Å²) in [6, 6.07) is 16.3. The Hall–Kier alpha value is -1.32. The third kappa shape index (κ3) is 21.9. The van der Waals surface area contributed by atoms with E-state index in [4.69, 9.17) is 0 Å². The molecule has 6 aromatic heterocycles. The Labute approximate surface area is 525 Å². The van der Waals surface area contributed by atoms with Gasteiger partial charge in [0, 0.05) is 46.2 Å². The summed E-state index contributed by atoms with van der Waals surface area (Å²) >= 11 is 10.5. The quantitative estimate of drug-likeness (QED) is 0.0293. The molecule has 0 atom stereocenters. The third-order valence-corrected chi connectivity index (χ3v) is 39.2. The van der Waals surface area contributed by atoms with E-state index >= 15 is 4.39 Å². The summed E-state index contributed by atoms with van der Waals surface area (Å²) in [6.07, 6.45) is 37.8. The van der Waals surface area contributed by atoms with Crippen molar-refractivity contribution < 1.29 is 29.2 Å². The monoisotopic (exact) mass is 1450 g/mol. The zero-order valence-corrected chi connectivity index (χ0v) is 58.9. The van der Waals surface area contributed by atoms with Crippen LogP contribution >= 0.6 is 84.7 Å². The molecule has 0 aliphatic heterocycles. The summed E-state index contributed by atoms with van der Waals surface area (Å²) in [4.78, 5) is 3.06. The predicted octanol–water partition coefficient (Wildman–Crippen LogP) is 24.3. The first kappa shape index (κ1) is 68.5. The molecule has 0 fully saturated rings. The van der Waals surface area contributed by atoms with Gasteiger partial charge in [-0.2, -0.15) is 17.5 Å². The van der Waals surface area contributed by atoms with Crippen molar-refractivity contribution in [3.05, 3.63) is 97.3 Å². The molecule has 6 heterocycles. The second kappa shape index (κ2) is 39.3. The molecule has 436 valence electrons. The van der Waals surface area contributed by atoms with Crippen LogP contribution in [0.15, 0.2) is 74.5 Å². The fraction of sp³-hybridized carbons (Fsp3) is 0.562. The van der Waals surface area contributed by atoms with E-state index in [1.165, 1.54) is 189 Å². The first-order chi connectivity index (χ1) is 38.3. The molecule has 0 unspecified atom stereocenters. The van der Waals surface area contributed by atoms with E-state index in [1.54, 1.807) is 48.1 Å². The molecule has 0 bridgehead atoms. The number of halogens is 3. The standard InChI is InChI=1S/C26H31FN2S3.C22H28BrFN2S2.C4H3S.3C4H9.Pd.Sn/c1-2-3-4-5-6-7-8-9-10-11-13-19-16-23(31-18-19)20-17-21(27)24(22-14-12-15-30-22)26-25(20)28-32-29-26;1-2-3-4-5-6-7-8-9-10-11-12-16-13-19(27-15-16)17-14-18(24)20(23)22-21(17)25-28-26-22;1-2-4-5-3-1;3*1-3-4-2;;/h12,14-18H,2-11,13H2,1H3;13-15H,2-12H2,1H3;1-3H;3*1,3-4H2,2H3;;. The molecular weight excluding hydrogens is 1360 g/mol. The first-order valence-electron chi connectivity index (χ1n) is 30.1. The molecule has 0 N–H and O–H groups in total. The number of aryl methyl sites for hydroxylation is 2. The normalized spacial score (nSPS) is 11.5. The molecule has 0 saturated heterocycles. The van der Waals surface area contributed by atoms with Gasteiger partial charge in [0.15, 0.2) is 0 Å². The summed E-state index contributed by atoms with van der Waals surface area (Å²) in [5, 5.41) is 8.70. The Kier molecular flexibility index (Phi) is 34.1. The molecule has 0 saturated carbocycles. The van der Waals surface area contributed by atoms with E-state index in [-0.39, 0.29) is 32.1 Å². The average molecular weight is 1450 g/mol. The van der Waals surface area contributed by atoms with Crippen molar-refractivity contribution in [3.8, 4) is 31.3 Å². The number of aromatic nitrogens is 4. The fourth-order valence-electron chi connectivity index (χ4n) is 10.6. The van der Waals surface area contributed by atoms with Gasteiger partial charge < -0.3 is 0 Å². The van der Waals surface area contributed by atoms with Gasteiger partial charge in [0.05, 0.1) is 33.5 Å². The van der Waals surface area contributed by atoms with Crippen LogP contribution in [0.2, 0.25) is 13.3 Å². The van der Waals surface area contributed by atoms with E-state index in [0.717, 1.165) is 73.1 Å². The number of fused-ring (bicyclic) bond motifs is 2. The van der Waals surface area contributed by atoms with E-state index in [0.29, 0.717) is 21.1 Å². The molecule has 0 amide bonds. The second-order valence-electron chi connectivity index (χ2n) is 21.5. The van der Waals surface area contributed by atoms with Gasteiger partial charge in [-0.1, -0.05) is 135 Å². The zero-order chi connectivity index (χ0) is 55.2. The smallest absolute Gasteiger partial charge is 0 e. The second-order valence-corrected chi connectivity index (χ2v) is 41.2. The Morgan fingerprint density at radius 1 is 0.430 bits per heavy atom. The summed E-state index contributed by atoms with van der Waals surface area (Å²) < 4.78 is 53.9. The molecule has 0 aliphatic rings. The van der Waals surface area contributed by atoms with Gasteiger partial charge in [-0.05, 0) is 99.2 Å². The number of nitrogens with zero attached hydrogens (tertiary/aromatic N) is 4. The maximum absolute atomic E-state index is 15.1. The Balaban J connectivity index is 0.000000225. The SMILES string of the molecule is CCCCCCCCCCCCc1csc(-c2cc(F)c(-c3cccs3)c3nsnc23)c1.CCCCCCCCCCCCc1csc(-c2cc(F)c(Br)c3nsnc23)c1.CCC[CH2][Sn]([CH2]CCC)([CH2]CCC)[c]1cccs1.[Pd]. The van der Waals surface area contributed by atoms with Crippen LogP contribution in [0.3, 0.4) is 0 Å². The van der Waals surface area contributed by atoms with Crippen molar-refractivity contribution >= 4 is 128 Å². The van der Waals surface area contributed by atoms with Crippen LogP contribution in [0, 0.1) is 11.6 Å². The molecule has 0 aliphatic carbocycles. The minimum absolute atomic E-state index is 0. The minimum Gasteiger partial charge on any atom is 0 e. The number of hydrogen-bond acceptors (Lipinski definition) is 10. The van der Waals surface area contributed by atoms with Gasteiger partial charge in [-0.15, -0.1) is 34.0 Å². The van der Waals surface area contributed by atoms with Crippen LogP contribution in [0.5, 0.6) is 0 Å². The first-order valence-corrected chi connectivity index (χ1v) is 43.3. The summed E-state index contributed by atoms with van der Waals surface area (Å²) in [6.45, 7) is 11.6. The maximum atomic E-state index is 15.1. The Bertz CT molecular complexity index is 2820. The molecule has 15 heteroatoms. The topological polar surface area (TPSA) is 51.6 Å². The van der Waals surface area contributed by atoms with Crippen molar-refractivity contribution in [1.29, 1.82) is 0 Å². The van der Waals surface area contributed by atoms with Gasteiger partial charge in [0.1, 0.15) is 33.7 Å². The van der Waals surface area contributed by atoms with Crippen LogP contribution in [0.4, 0.5) is 8.78 Å². The molecule has 8 rings (SSSR count). The van der Waals surface area contributed by atoms with Crippen LogP contribution in [-0.2, 0) is 33.3 Å². The number of thiophene rings is 4. The van der Waals surface area contributed by atoms with Crippen molar-refractivity contribution in [2.45, 2.75) is 228 Å². The van der Waals surface area contributed by atoms with Crippen LogP contribution in [0.1, 0.15) is 213 Å². The summed E-state index contributed by atoms with van der Waals surface area (Å²) in [7, 11) is 0. The van der Waals surface area contributed by atoms with Crippen molar-refractivity contribution in [1.82, 2.24) is 17.5 Å². The van der Waals surface area contributed by atoms with Crippen molar-refractivity contribution in [3.63, 3.8) is 0 Å². The number of rotatable bonds is 35. The van der Waals surface area contributed by atoms with Crippen LogP contribution < -0.4 is 2.89 Å². The molecule has 4 nitrogen and oxygen atoms in total. The van der Waals surface area contributed by atoms with Gasteiger partial charge in [-0.3, -0.25) is 0 Å². The van der Waals surface area contributed by atoms with Gasteiger partial charge in [0.2, 0.25) is 0 Å². The van der Waals surface area contributed by atoms with Crippen molar-refractivity contribution in [2.24, 2.45) is 0 Å². The minimum atomic E-state index is -2.01. The molecule has 0 spiro atoms. The number of hydrogen-bond donors (Lipinski definition) is 0. The molecule has 8 aromatic rings. The Morgan fingerprint density at radius 3 is 1.28 bits per heavy atom. The number of unbranched alkanes of at least 4 members (excludes halogenated alkanes) is 21. The van der Waals surface area contributed by atoms with Gasteiger partial charge >= 0.3 is 123 Å². The maximum Gasteiger partial charge on any atom is 0 e. The fourth-order valence-corrected chi connectivity index (χ4v) is 34.8. The van der Waals surface area contributed by atoms with Crippen molar-refractivity contribution in [2.75, 3.05) is 0 Å². The number of benzene rings is 2. The summed E-state index contributed by atoms with van der Waals surface area (Å²) in [5.41, 5.74) is 7.88. The van der Waals surface area contributed by atoms with E-state index in [1.807, 2.05) is 20.4 Å². The van der Waals surface area contributed by atoms with Crippen LogP contribution in [-0.4, -0.2) is 35.9 Å². The average Bonchev–Trinajstić information content (AvgIpc) is 4.41. The van der Waals surface area contributed by atoms with Gasteiger partial charge in [-0.25, -0.2) is 8.78 Å². The van der Waals surface area contributed by atoms with E-state index in [2.05, 4.69) is 120 Å². The van der Waals surface area contributed by atoms with E-state index < -0.39 is 18.4 Å². The van der Waals surface area contributed by atoms with E-state index in [9.17, 15) is 4.39 Å². The third-order valence-electron chi connectivity index (χ3n) is 15.2. The predicted molar refractivity (Wildman–Crippen MR) is 352 cm³/mol. The molecule has 0 radical (unpaired) electrons. The largest absolute Gasteiger partial charge is 0 e. The molecule has 2 aromatic carbocycles. The molecule has 79 heavy (non-hydrogen) atoms. The van der Waals surface area contributed by atoms with Gasteiger partial charge in [0.25, 0.3) is 0 Å². The summed E-state index contributed by atoms with van der Waals surface area (Å²) in [5.74, 6) is -0.493. The molecular formula is C64H89BrF2N4PdS6Sn. The zero-order valence-electron chi connectivity index (χ0n) is 48.0.